The summed E-state index contributed by atoms with van der Waals surface area (Å²) in [5.41, 5.74) is 1.30. The maximum absolute atomic E-state index is 12.8. The number of benzene rings is 2. The summed E-state index contributed by atoms with van der Waals surface area (Å²) in [5.74, 6) is -0.378. The molecule has 1 aromatic heterocycles. The van der Waals surface area contributed by atoms with E-state index in [4.69, 9.17) is 16.3 Å². The van der Waals surface area contributed by atoms with Crippen molar-refractivity contribution in [3.63, 3.8) is 0 Å². The van der Waals surface area contributed by atoms with Gasteiger partial charge in [-0.15, -0.1) is 0 Å². The van der Waals surface area contributed by atoms with E-state index in [0.717, 1.165) is 0 Å². The highest BCUT2D eigenvalue weighted by Gasteiger charge is 2.20. The highest BCUT2D eigenvalue weighted by molar-refractivity contribution is 6.35. The molecule has 0 fully saturated rings. The van der Waals surface area contributed by atoms with Crippen LogP contribution in [0.2, 0.25) is 5.02 Å². The van der Waals surface area contributed by atoms with Crippen LogP contribution in [0, 0.1) is 11.3 Å². The Morgan fingerprint density at radius 3 is 2.52 bits per heavy atom. The number of hydrogen-bond donors (Lipinski definition) is 1. The molecule has 0 saturated heterocycles. The molecule has 6 nitrogen and oxygen atoms in total. The molecule has 0 spiro atoms. The first kappa shape index (κ1) is 18.4. The second-order valence-electron chi connectivity index (χ2n) is 5.71. The van der Waals surface area contributed by atoms with E-state index in [1.807, 2.05) is 0 Å². The van der Waals surface area contributed by atoms with Crippen LogP contribution in [-0.4, -0.2) is 23.1 Å². The van der Waals surface area contributed by atoms with Crippen LogP contribution in [0.5, 0.6) is 5.75 Å². The van der Waals surface area contributed by atoms with Gasteiger partial charge in [-0.3, -0.25) is 9.59 Å². The van der Waals surface area contributed by atoms with Gasteiger partial charge in [0.05, 0.1) is 23.9 Å². The molecular formula is C20H14ClN3O3. The molecule has 0 bridgehead atoms. The summed E-state index contributed by atoms with van der Waals surface area (Å²) in [4.78, 5) is 24.0. The van der Waals surface area contributed by atoms with Gasteiger partial charge in [0.15, 0.2) is 5.78 Å². The molecule has 1 N–H and O–H groups in total. The summed E-state index contributed by atoms with van der Waals surface area (Å²) in [6.07, 6.45) is 0. The minimum atomic E-state index is -0.749. The monoisotopic (exact) mass is 379 g/mol. The fraction of sp³-hybridized carbons (Fsp3) is 0.100. The average Bonchev–Trinajstić information content (AvgIpc) is 2.70. The first-order valence-electron chi connectivity index (χ1n) is 7.97. The maximum atomic E-state index is 12.8. The van der Waals surface area contributed by atoms with Gasteiger partial charge < -0.3 is 4.74 Å². The van der Waals surface area contributed by atoms with Crippen molar-refractivity contribution in [2.75, 3.05) is 7.11 Å². The number of H-pyrrole nitrogens is 1. The Hall–Kier alpha value is -3.43. The number of aromatic amines is 1. The number of ketones is 1. The minimum absolute atomic E-state index is 0.268. The predicted octanol–water partition coefficient (Wildman–Crippen LogP) is 3.32. The topological polar surface area (TPSA) is 95.8 Å². The van der Waals surface area contributed by atoms with E-state index in [1.165, 1.54) is 12.1 Å². The van der Waals surface area contributed by atoms with Crippen LogP contribution in [0.4, 0.5) is 0 Å². The van der Waals surface area contributed by atoms with Crippen molar-refractivity contribution in [1.29, 1.82) is 5.26 Å². The van der Waals surface area contributed by atoms with E-state index >= 15 is 0 Å². The fourth-order valence-corrected chi connectivity index (χ4v) is 2.83. The SMILES string of the molecule is COc1ccc(C(=O)c2cc(C(C#N)c3ccc(=O)[nH]n3)ccc2Cl)cc1. The third-order valence-corrected chi connectivity index (χ3v) is 4.38. The zero-order valence-electron chi connectivity index (χ0n) is 14.3. The Labute approximate surface area is 160 Å². The molecule has 3 aromatic rings. The number of rotatable bonds is 5. The number of methoxy groups -OCH3 is 1. The lowest BCUT2D eigenvalue weighted by Crippen LogP contribution is -2.11. The molecule has 0 amide bonds. The number of ether oxygens (including phenoxy) is 1. The van der Waals surface area contributed by atoms with Crippen molar-refractivity contribution in [3.05, 3.63) is 92.4 Å². The molecule has 0 aliphatic heterocycles. The van der Waals surface area contributed by atoms with Crippen LogP contribution in [0.25, 0.3) is 0 Å². The van der Waals surface area contributed by atoms with Gasteiger partial charge in [0.2, 0.25) is 0 Å². The molecule has 0 radical (unpaired) electrons. The van der Waals surface area contributed by atoms with E-state index in [-0.39, 0.29) is 21.9 Å². The standard InChI is InChI=1S/C20H14ClN3O3/c1-27-14-5-2-12(3-6-14)20(26)15-10-13(4-7-17(15)21)16(11-22)18-8-9-19(25)24-23-18/h2-10,16H,1H3,(H,24,25). The first-order valence-corrected chi connectivity index (χ1v) is 8.34. The molecule has 0 aliphatic carbocycles. The van der Waals surface area contributed by atoms with Gasteiger partial charge in [-0.1, -0.05) is 17.7 Å². The number of nitriles is 1. The van der Waals surface area contributed by atoms with Crippen molar-refractivity contribution in [2.45, 2.75) is 5.92 Å². The van der Waals surface area contributed by atoms with Gasteiger partial charge in [0.1, 0.15) is 11.7 Å². The zero-order valence-corrected chi connectivity index (χ0v) is 15.0. The van der Waals surface area contributed by atoms with E-state index in [2.05, 4.69) is 16.3 Å². The molecule has 3 rings (SSSR count). The number of aromatic nitrogens is 2. The number of halogens is 1. The minimum Gasteiger partial charge on any atom is -0.497 e. The molecule has 134 valence electrons. The molecule has 1 unspecified atom stereocenters. The van der Waals surface area contributed by atoms with Crippen LogP contribution < -0.4 is 10.3 Å². The Morgan fingerprint density at radius 1 is 1.19 bits per heavy atom. The number of hydrogen-bond acceptors (Lipinski definition) is 5. The zero-order chi connectivity index (χ0) is 19.4. The van der Waals surface area contributed by atoms with E-state index in [0.29, 0.717) is 22.6 Å². The normalized spacial score (nSPS) is 11.4. The second kappa shape index (κ2) is 7.85. The molecular weight excluding hydrogens is 366 g/mol. The summed E-state index contributed by atoms with van der Waals surface area (Å²) in [5, 5.41) is 16.1. The largest absolute Gasteiger partial charge is 0.497 e. The lowest BCUT2D eigenvalue weighted by molar-refractivity contribution is 0.103. The van der Waals surface area contributed by atoms with Crippen molar-refractivity contribution in [1.82, 2.24) is 10.2 Å². The van der Waals surface area contributed by atoms with Gasteiger partial charge in [0.25, 0.3) is 5.56 Å². The Kier molecular flexibility index (Phi) is 5.34. The van der Waals surface area contributed by atoms with E-state index in [9.17, 15) is 14.9 Å². The smallest absolute Gasteiger partial charge is 0.264 e. The van der Waals surface area contributed by atoms with Gasteiger partial charge in [-0.25, -0.2) is 5.10 Å². The number of carbonyl (C=O) groups is 1. The third-order valence-electron chi connectivity index (χ3n) is 4.05. The second-order valence-corrected chi connectivity index (χ2v) is 6.11. The van der Waals surface area contributed by atoms with Crippen LogP contribution in [0.1, 0.15) is 33.1 Å². The van der Waals surface area contributed by atoms with E-state index < -0.39 is 5.92 Å². The average molecular weight is 380 g/mol. The van der Waals surface area contributed by atoms with Crippen molar-refractivity contribution >= 4 is 17.4 Å². The van der Waals surface area contributed by atoms with Crippen LogP contribution in [-0.2, 0) is 0 Å². The third kappa shape index (κ3) is 3.89. The van der Waals surface area contributed by atoms with Crippen LogP contribution in [0.15, 0.2) is 59.4 Å². The van der Waals surface area contributed by atoms with Gasteiger partial charge in [-0.2, -0.15) is 10.4 Å². The van der Waals surface area contributed by atoms with Crippen molar-refractivity contribution < 1.29 is 9.53 Å². The van der Waals surface area contributed by atoms with Gasteiger partial charge in [0, 0.05) is 17.2 Å². The molecule has 0 aliphatic rings. The Bertz CT molecular complexity index is 1060. The highest BCUT2D eigenvalue weighted by atomic mass is 35.5. The number of carbonyl (C=O) groups excluding carboxylic acids is 1. The lowest BCUT2D eigenvalue weighted by Gasteiger charge is -2.11. The summed E-state index contributed by atoms with van der Waals surface area (Å²) >= 11 is 6.22. The number of nitrogens with one attached hydrogen (secondary N) is 1. The van der Waals surface area contributed by atoms with E-state index in [1.54, 1.807) is 49.6 Å². The molecule has 1 heterocycles. The molecule has 7 heteroatoms. The Morgan fingerprint density at radius 2 is 1.93 bits per heavy atom. The summed E-state index contributed by atoms with van der Waals surface area (Å²) in [6, 6.07) is 16.4. The highest BCUT2D eigenvalue weighted by Crippen LogP contribution is 2.28. The maximum Gasteiger partial charge on any atom is 0.264 e. The Balaban J connectivity index is 2.00. The fourth-order valence-electron chi connectivity index (χ4n) is 2.62. The lowest BCUT2D eigenvalue weighted by atomic mass is 9.93. The predicted molar refractivity (Wildman–Crippen MR) is 100 cm³/mol. The van der Waals surface area contributed by atoms with Crippen LogP contribution >= 0.6 is 11.6 Å². The molecule has 0 saturated carbocycles. The summed E-state index contributed by atoms with van der Waals surface area (Å²) < 4.78 is 5.10. The van der Waals surface area contributed by atoms with Crippen molar-refractivity contribution in [2.24, 2.45) is 0 Å². The molecule has 27 heavy (non-hydrogen) atoms. The molecule has 2 aromatic carbocycles. The van der Waals surface area contributed by atoms with Gasteiger partial charge >= 0.3 is 0 Å². The quantitative estimate of drug-likeness (QED) is 0.686. The van der Waals surface area contributed by atoms with Gasteiger partial charge in [-0.05, 0) is 48.0 Å². The first-order chi connectivity index (χ1) is 13.0. The number of nitrogens with zero attached hydrogens (tertiary/aromatic N) is 2. The molecule has 1 atom stereocenters. The van der Waals surface area contributed by atoms with Crippen LogP contribution in [0.3, 0.4) is 0 Å². The van der Waals surface area contributed by atoms with Crippen molar-refractivity contribution in [3.8, 4) is 11.8 Å². The summed E-state index contributed by atoms with van der Waals surface area (Å²) in [6.45, 7) is 0. The summed E-state index contributed by atoms with van der Waals surface area (Å²) in [7, 11) is 1.55.